The van der Waals surface area contributed by atoms with Gasteiger partial charge in [-0.3, -0.25) is 4.79 Å². The largest absolute Gasteiger partial charge is 0.480 e. The number of carboxylic acids is 1. The first-order valence-corrected chi connectivity index (χ1v) is 4.71. The number of likely N-dealkylation sites (tertiary alicyclic amines) is 1. The molecule has 0 bridgehead atoms. The summed E-state index contributed by atoms with van der Waals surface area (Å²) in [6.07, 6.45) is -0.962. The third-order valence-corrected chi connectivity index (χ3v) is 2.45. The number of amides is 1. The SMILES string of the molecule is C[C@H](O)[C@H](C(=O)O)N1CC(Cl)CC1=O. The number of halogens is 1. The number of aliphatic hydroxyl groups excluding tert-OH is 1. The highest BCUT2D eigenvalue weighted by Crippen LogP contribution is 2.20. The Hall–Kier alpha value is -0.810. The fourth-order valence-corrected chi connectivity index (χ4v) is 1.84. The van der Waals surface area contributed by atoms with Gasteiger partial charge in [0.2, 0.25) is 5.91 Å². The van der Waals surface area contributed by atoms with Crippen molar-refractivity contribution in [3.63, 3.8) is 0 Å². The molecular formula is C8H12ClNO4. The van der Waals surface area contributed by atoms with Crippen LogP contribution in [0.4, 0.5) is 0 Å². The van der Waals surface area contributed by atoms with Crippen LogP contribution in [0.5, 0.6) is 0 Å². The Morgan fingerprint density at radius 3 is 2.57 bits per heavy atom. The van der Waals surface area contributed by atoms with E-state index >= 15 is 0 Å². The highest BCUT2D eigenvalue weighted by Gasteiger charge is 2.39. The summed E-state index contributed by atoms with van der Waals surface area (Å²) in [5, 5.41) is 17.7. The number of aliphatic hydroxyl groups is 1. The maximum Gasteiger partial charge on any atom is 0.329 e. The van der Waals surface area contributed by atoms with Crippen LogP contribution in [0.15, 0.2) is 0 Å². The minimum absolute atomic E-state index is 0.137. The van der Waals surface area contributed by atoms with Crippen molar-refractivity contribution in [1.82, 2.24) is 4.90 Å². The summed E-state index contributed by atoms with van der Waals surface area (Å²) in [6.45, 7) is 1.52. The molecule has 1 unspecified atom stereocenters. The molecular weight excluding hydrogens is 210 g/mol. The van der Waals surface area contributed by atoms with Crippen LogP contribution in [0.2, 0.25) is 0 Å². The van der Waals surface area contributed by atoms with E-state index in [1.54, 1.807) is 0 Å². The van der Waals surface area contributed by atoms with Gasteiger partial charge in [-0.25, -0.2) is 4.79 Å². The van der Waals surface area contributed by atoms with Gasteiger partial charge in [0.15, 0.2) is 6.04 Å². The number of rotatable bonds is 3. The summed E-state index contributed by atoms with van der Waals surface area (Å²) in [5.41, 5.74) is 0. The van der Waals surface area contributed by atoms with Crippen molar-refractivity contribution in [2.75, 3.05) is 6.54 Å². The molecule has 0 saturated carbocycles. The Balaban J connectivity index is 2.79. The quantitative estimate of drug-likeness (QED) is 0.640. The summed E-state index contributed by atoms with van der Waals surface area (Å²) in [4.78, 5) is 23.2. The van der Waals surface area contributed by atoms with Crippen molar-refractivity contribution in [3.05, 3.63) is 0 Å². The van der Waals surface area contributed by atoms with Gasteiger partial charge in [0.25, 0.3) is 0 Å². The van der Waals surface area contributed by atoms with E-state index in [1.165, 1.54) is 6.92 Å². The van der Waals surface area contributed by atoms with Gasteiger partial charge in [0.05, 0.1) is 11.5 Å². The number of carbonyl (C=O) groups excluding carboxylic acids is 1. The zero-order valence-electron chi connectivity index (χ0n) is 7.68. The maximum absolute atomic E-state index is 11.3. The van der Waals surface area contributed by atoms with E-state index in [0.717, 1.165) is 4.90 Å². The summed E-state index contributed by atoms with van der Waals surface area (Å²) >= 11 is 5.72. The Morgan fingerprint density at radius 2 is 2.29 bits per heavy atom. The lowest BCUT2D eigenvalue weighted by Crippen LogP contribution is -2.48. The fraction of sp³-hybridized carbons (Fsp3) is 0.750. The van der Waals surface area contributed by atoms with Gasteiger partial charge in [-0.1, -0.05) is 0 Å². The van der Waals surface area contributed by atoms with E-state index < -0.39 is 18.1 Å². The standard InChI is InChI=1S/C8H12ClNO4/c1-4(11)7(8(13)14)10-3-5(9)2-6(10)12/h4-5,7,11H,2-3H2,1H3,(H,13,14)/t4-,5?,7+/m0/s1. The number of hydrogen-bond acceptors (Lipinski definition) is 3. The normalized spacial score (nSPS) is 26.4. The summed E-state index contributed by atoms with van der Waals surface area (Å²) < 4.78 is 0. The predicted octanol–water partition coefficient (Wildman–Crippen LogP) is -0.340. The van der Waals surface area contributed by atoms with Crippen molar-refractivity contribution >= 4 is 23.5 Å². The van der Waals surface area contributed by atoms with Crippen LogP contribution in [0.3, 0.4) is 0 Å². The van der Waals surface area contributed by atoms with Crippen molar-refractivity contribution in [3.8, 4) is 0 Å². The molecule has 1 saturated heterocycles. The number of aliphatic carboxylic acids is 1. The Kier molecular flexibility index (Phi) is 3.34. The van der Waals surface area contributed by atoms with Crippen LogP contribution in [0.1, 0.15) is 13.3 Å². The average Bonchev–Trinajstić information content (AvgIpc) is 2.29. The molecule has 1 aliphatic rings. The van der Waals surface area contributed by atoms with Crippen LogP contribution in [0, 0.1) is 0 Å². The highest BCUT2D eigenvalue weighted by atomic mass is 35.5. The van der Waals surface area contributed by atoms with Crippen LogP contribution in [-0.2, 0) is 9.59 Å². The number of hydrogen-bond donors (Lipinski definition) is 2. The smallest absolute Gasteiger partial charge is 0.329 e. The van der Waals surface area contributed by atoms with Crippen LogP contribution in [-0.4, -0.2) is 51.1 Å². The number of carboxylic acid groups (broad SMARTS) is 1. The van der Waals surface area contributed by atoms with Crippen LogP contribution in [0.25, 0.3) is 0 Å². The van der Waals surface area contributed by atoms with Gasteiger partial charge < -0.3 is 15.1 Å². The zero-order valence-corrected chi connectivity index (χ0v) is 8.44. The van der Waals surface area contributed by atoms with Gasteiger partial charge >= 0.3 is 5.97 Å². The molecule has 0 radical (unpaired) electrons. The van der Waals surface area contributed by atoms with Crippen molar-refractivity contribution in [2.45, 2.75) is 30.9 Å². The first-order chi connectivity index (χ1) is 6.43. The Labute approximate surface area is 86.3 Å². The Morgan fingerprint density at radius 1 is 1.71 bits per heavy atom. The lowest BCUT2D eigenvalue weighted by atomic mass is 10.1. The molecule has 0 aromatic heterocycles. The first-order valence-electron chi connectivity index (χ1n) is 4.28. The monoisotopic (exact) mass is 221 g/mol. The lowest BCUT2D eigenvalue weighted by molar-refractivity contribution is -0.152. The van der Waals surface area contributed by atoms with Crippen molar-refractivity contribution in [2.24, 2.45) is 0 Å². The molecule has 1 amide bonds. The first kappa shape index (κ1) is 11.3. The molecule has 14 heavy (non-hydrogen) atoms. The summed E-state index contributed by atoms with van der Waals surface area (Å²) in [5.74, 6) is -1.53. The number of nitrogens with zero attached hydrogens (tertiary/aromatic N) is 1. The minimum Gasteiger partial charge on any atom is -0.480 e. The van der Waals surface area contributed by atoms with E-state index in [4.69, 9.17) is 16.7 Å². The lowest BCUT2D eigenvalue weighted by Gasteiger charge is -2.26. The van der Waals surface area contributed by atoms with E-state index in [9.17, 15) is 14.7 Å². The topological polar surface area (TPSA) is 77.8 Å². The molecule has 1 aliphatic heterocycles. The second-order valence-electron chi connectivity index (χ2n) is 3.37. The third kappa shape index (κ3) is 2.16. The van der Waals surface area contributed by atoms with Gasteiger partial charge in [0, 0.05) is 13.0 Å². The highest BCUT2D eigenvalue weighted by molar-refractivity contribution is 6.22. The average molecular weight is 222 g/mol. The van der Waals surface area contributed by atoms with E-state index in [2.05, 4.69) is 0 Å². The van der Waals surface area contributed by atoms with E-state index in [0.29, 0.717) is 0 Å². The molecule has 1 heterocycles. The maximum atomic E-state index is 11.3. The minimum atomic E-state index is -1.21. The molecule has 2 N–H and O–H groups in total. The second-order valence-corrected chi connectivity index (χ2v) is 3.99. The van der Waals surface area contributed by atoms with Gasteiger partial charge in [-0.15, -0.1) is 11.6 Å². The molecule has 1 fully saturated rings. The fourth-order valence-electron chi connectivity index (χ4n) is 1.56. The van der Waals surface area contributed by atoms with E-state index in [-0.39, 0.29) is 24.2 Å². The van der Waals surface area contributed by atoms with Gasteiger partial charge in [-0.05, 0) is 6.92 Å². The molecule has 0 aromatic carbocycles. The molecule has 6 heteroatoms. The molecule has 0 spiro atoms. The number of carbonyl (C=O) groups is 2. The van der Waals surface area contributed by atoms with Crippen LogP contribution < -0.4 is 0 Å². The van der Waals surface area contributed by atoms with Crippen molar-refractivity contribution < 1.29 is 19.8 Å². The van der Waals surface area contributed by atoms with Gasteiger partial charge in [0.1, 0.15) is 0 Å². The summed E-state index contributed by atoms with van der Waals surface area (Å²) in [7, 11) is 0. The third-order valence-electron chi connectivity index (χ3n) is 2.16. The Bertz CT molecular complexity index is 256. The zero-order chi connectivity index (χ0) is 10.9. The molecule has 5 nitrogen and oxygen atoms in total. The second kappa shape index (κ2) is 4.14. The van der Waals surface area contributed by atoms with E-state index in [1.807, 2.05) is 0 Å². The molecule has 80 valence electrons. The molecule has 1 rings (SSSR count). The van der Waals surface area contributed by atoms with Crippen molar-refractivity contribution in [1.29, 1.82) is 0 Å². The molecule has 0 aliphatic carbocycles. The van der Waals surface area contributed by atoms with Gasteiger partial charge in [-0.2, -0.15) is 0 Å². The molecule has 0 aromatic rings. The summed E-state index contributed by atoms with van der Waals surface area (Å²) in [6, 6.07) is -1.19. The van der Waals surface area contributed by atoms with Crippen LogP contribution >= 0.6 is 11.6 Å². The number of alkyl halides is 1. The molecule has 3 atom stereocenters. The predicted molar refractivity (Wildman–Crippen MR) is 49.1 cm³/mol.